The van der Waals surface area contributed by atoms with Crippen molar-refractivity contribution >= 4 is 23.2 Å². The fourth-order valence-electron chi connectivity index (χ4n) is 1.70. The minimum atomic E-state index is -0.866. The fraction of sp³-hybridized carbons (Fsp3) is 0.583. The second-order valence-electron chi connectivity index (χ2n) is 4.18. The van der Waals surface area contributed by atoms with Gasteiger partial charge in [-0.2, -0.15) is 0 Å². The number of hydrogen-bond donors (Lipinski definition) is 2. The lowest BCUT2D eigenvalue weighted by molar-refractivity contribution is -0.141. The zero-order chi connectivity index (χ0) is 13.7. The average molecular weight is 270 g/mol. The smallest absolute Gasteiger partial charge is 0.308 e. The third-order valence-electron chi connectivity index (χ3n) is 2.61. The van der Waals surface area contributed by atoms with E-state index >= 15 is 0 Å². The highest BCUT2D eigenvalue weighted by Crippen LogP contribution is 2.17. The molecule has 0 saturated heterocycles. The van der Waals surface area contributed by atoms with Crippen molar-refractivity contribution in [1.82, 2.24) is 10.3 Å². The van der Waals surface area contributed by atoms with Crippen LogP contribution in [0.1, 0.15) is 40.1 Å². The fourth-order valence-corrected chi connectivity index (χ4v) is 2.54. The Labute approximate surface area is 110 Å². The summed E-state index contributed by atoms with van der Waals surface area (Å²) in [6.07, 6.45) is 1.35. The van der Waals surface area contributed by atoms with E-state index < -0.39 is 11.9 Å². The molecule has 0 fully saturated rings. The molecular formula is C12H18N2O3S. The number of carboxylic acids is 1. The lowest BCUT2D eigenvalue weighted by Gasteiger charge is -2.11. The average Bonchev–Trinajstić information content (AvgIpc) is 2.63. The number of aliphatic carboxylic acids is 1. The molecular weight excluding hydrogens is 252 g/mol. The normalized spacial score (nSPS) is 12.2. The van der Waals surface area contributed by atoms with Gasteiger partial charge in [-0.1, -0.05) is 13.3 Å². The van der Waals surface area contributed by atoms with Gasteiger partial charge in [0.05, 0.1) is 16.6 Å². The molecule has 0 aliphatic rings. The van der Waals surface area contributed by atoms with Gasteiger partial charge in [-0.3, -0.25) is 9.59 Å². The third-order valence-corrected chi connectivity index (χ3v) is 3.68. The van der Waals surface area contributed by atoms with Crippen molar-refractivity contribution in [3.63, 3.8) is 0 Å². The van der Waals surface area contributed by atoms with Gasteiger partial charge in [-0.15, -0.1) is 11.3 Å². The van der Waals surface area contributed by atoms with Gasteiger partial charge in [0, 0.05) is 6.54 Å². The Morgan fingerprint density at radius 2 is 2.11 bits per heavy atom. The number of rotatable bonds is 6. The summed E-state index contributed by atoms with van der Waals surface area (Å²) in [4.78, 5) is 27.6. The van der Waals surface area contributed by atoms with E-state index in [1.807, 2.05) is 13.8 Å². The number of carboxylic acid groups (broad SMARTS) is 1. The second kappa shape index (κ2) is 6.49. The number of carbonyl (C=O) groups excluding carboxylic acids is 1. The van der Waals surface area contributed by atoms with Crippen molar-refractivity contribution in [3.05, 3.63) is 15.6 Å². The van der Waals surface area contributed by atoms with Crippen LogP contribution in [0.15, 0.2) is 0 Å². The van der Waals surface area contributed by atoms with Crippen LogP contribution in [0, 0.1) is 19.8 Å². The third kappa shape index (κ3) is 3.80. The largest absolute Gasteiger partial charge is 0.481 e. The van der Waals surface area contributed by atoms with E-state index in [0.717, 1.165) is 11.4 Å². The molecule has 0 saturated carbocycles. The Hall–Kier alpha value is -1.43. The molecule has 1 aromatic rings. The Morgan fingerprint density at radius 3 is 2.56 bits per heavy atom. The molecule has 0 aliphatic carbocycles. The topological polar surface area (TPSA) is 79.3 Å². The summed E-state index contributed by atoms with van der Waals surface area (Å²) in [5.74, 6) is -1.62. The minimum absolute atomic E-state index is 0.165. The predicted octanol–water partition coefficient (Wildman–Crippen LogP) is 1.99. The van der Waals surface area contributed by atoms with Gasteiger partial charge in [-0.05, 0) is 20.3 Å². The van der Waals surface area contributed by atoms with Crippen LogP contribution in [0.3, 0.4) is 0 Å². The Kier molecular flexibility index (Phi) is 5.27. The number of amides is 1. The minimum Gasteiger partial charge on any atom is -0.481 e. The molecule has 1 aromatic heterocycles. The van der Waals surface area contributed by atoms with Crippen molar-refractivity contribution in [2.75, 3.05) is 6.54 Å². The van der Waals surface area contributed by atoms with Crippen molar-refractivity contribution in [2.45, 2.75) is 33.6 Å². The summed E-state index contributed by atoms with van der Waals surface area (Å²) in [5.41, 5.74) is 0.692. The molecule has 100 valence electrons. The zero-order valence-corrected chi connectivity index (χ0v) is 11.6. The van der Waals surface area contributed by atoms with Crippen molar-refractivity contribution in [3.8, 4) is 0 Å². The number of nitrogens with one attached hydrogen (secondary N) is 1. The number of nitrogens with zero attached hydrogens (tertiary/aromatic N) is 1. The first-order valence-electron chi connectivity index (χ1n) is 5.90. The maximum atomic E-state index is 11.9. The SMILES string of the molecule is CCCC(CNC(=O)c1sc(C)nc1C)C(=O)O. The van der Waals surface area contributed by atoms with E-state index in [0.29, 0.717) is 17.0 Å². The van der Waals surface area contributed by atoms with E-state index in [1.54, 1.807) is 6.92 Å². The number of thiazole rings is 1. The van der Waals surface area contributed by atoms with Crippen LogP contribution in [0.25, 0.3) is 0 Å². The summed E-state index contributed by atoms with van der Waals surface area (Å²) in [7, 11) is 0. The number of aryl methyl sites for hydroxylation is 2. The van der Waals surface area contributed by atoms with Gasteiger partial charge >= 0.3 is 5.97 Å². The maximum absolute atomic E-state index is 11.9. The molecule has 5 nitrogen and oxygen atoms in total. The van der Waals surface area contributed by atoms with Crippen LogP contribution in [0.5, 0.6) is 0 Å². The first-order chi connectivity index (χ1) is 8.45. The van der Waals surface area contributed by atoms with Crippen molar-refractivity contribution < 1.29 is 14.7 Å². The molecule has 0 bridgehead atoms. The number of aromatic nitrogens is 1. The van der Waals surface area contributed by atoms with Crippen LogP contribution in [-0.2, 0) is 4.79 Å². The maximum Gasteiger partial charge on any atom is 0.308 e. The molecule has 1 unspecified atom stereocenters. The standard InChI is InChI=1S/C12H18N2O3S/c1-4-5-9(12(16)17)6-13-11(15)10-7(2)14-8(3)18-10/h9H,4-6H2,1-3H3,(H,13,15)(H,16,17). The molecule has 0 radical (unpaired) electrons. The molecule has 1 rings (SSSR count). The van der Waals surface area contributed by atoms with E-state index in [2.05, 4.69) is 10.3 Å². The summed E-state index contributed by atoms with van der Waals surface area (Å²) >= 11 is 1.33. The Bertz CT molecular complexity index is 443. The molecule has 1 atom stereocenters. The predicted molar refractivity (Wildman–Crippen MR) is 70.0 cm³/mol. The highest BCUT2D eigenvalue weighted by Gasteiger charge is 2.19. The van der Waals surface area contributed by atoms with Crippen molar-refractivity contribution in [1.29, 1.82) is 0 Å². The first kappa shape index (κ1) is 14.6. The van der Waals surface area contributed by atoms with Gasteiger partial charge in [0.1, 0.15) is 4.88 Å². The molecule has 6 heteroatoms. The van der Waals surface area contributed by atoms with Gasteiger partial charge in [0.15, 0.2) is 0 Å². The van der Waals surface area contributed by atoms with Gasteiger partial charge in [0.2, 0.25) is 0 Å². The van der Waals surface area contributed by atoms with Gasteiger partial charge < -0.3 is 10.4 Å². The Balaban J connectivity index is 2.60. The highest BCUT2D eigenvalue weighted by atomic mass is 32.1. The van der Waals surface area contributed by atoms with E-state index in [9.17, 15) is 9.59 Å². The molecule has 0 aromatic carbocycles. The van der Waals surface area contributed by atoms with Gasteiger partial charge in [-0.25, -0.2) is 4.98 Å². The van der Waals surface area contributed by atoms with Crippen LogP contribution >= 0.6 is 11.3 Å². The molecule has 0 spiro atoms. The van der Waals surface area contributed by atoms with Crippen LogP contribution < -0.4 is 5.32 Å². The highest BCUT2D eigenvalue weighted by molar-refractivity contribution is 7.13. The van der Waals surface area contributed by atoms with Gasteiger partial charge in [0.25, 0.3) is 5.91 Å². The molecule has 18 heavy (non-hydrogen) atoms. The summed E-state index contributed by atoms with van der Waals surface area (Å²) < 4.78 is 0. The lowest BCUT2D eigenvalue weighted by Crippen LogP contribution is -2.32. The van der Waals surface area contributed by atoms with E-state index in [4.69, 9.17) is 5.11 Å². The van der Waals surface area contributed by atoms with E-state index in [1.165, 1.54) is 11.3 Å². The zero-order valence-electron chi connectivity index (χ0n) is 10.8. The quantitative estimate of drug-likeness (QED) is 0.828. The molecule has 1 heterocycles. The van der Waals surface area contributed by atoms with E-state index in [-0.39, 0.29) is 12.5 Å². The molecule has 2 N–H and O–H groups in total. The summed E-state index contributed by atoms with van der Waals surface area (Å²) in [6.45, 7) is 5.71. The first-order valence-corrected chi connectivity index (χ1v) is 6.72. The summed E-state index contributed by atoms with van der Waals surface area (Å²) in [5, 5.41) is 12.5. The molecule has 1 amide bonds. The van der Waals surface area contributed by atoms with Crippen LogP contribution in [0.2, 0.25) is 0 Å². The van der Waals surface area contributed by atoms with Crippen molar-refractivity contribution in [2.24, 2.45) is 5.92 Å². The number of carbonyl (C=O) groups is 2. The monoisotopic (exact) mass is 270 g/mol. The lowest BCUT2D eigenvalue weighted by atomic mass is 10.0. The second-order valence-corrected chi connectivity index (χ2v) is 5.38. The number of hydrogen-bond acceptors (Lipinski definition) is 4. The summed E-state index contributed by atoms with van der Waals surface area (Å²) in [6, 6.07) is 0. The van der Waals surface area contributed by atoms with Crippen LogP contribution in [0.4, 0.5) is 0 Å². The van der Waals surface area contributed by atoms with Crippen LogP contribution in [-0.4, -0.2) is 28.5 Å². The molecule has 0 aliphatic heterocycles. The Morgan fingerprint density at radius 1 is 1.44 bits per heavy atom.